The molecule has 1 aliphatic rings. The highest BCUT2D eigenvalue weighted by Crippen LogP contribution is 2.18. The van der Waals surface area contributed by atoms with Crippen molar-refractivity contribution in [3.63, 3.8) is 0 Å². The predicted molar refractivity (Wildman–Crippen MR) is 73.1 cm³/mol. The Bertz CT molecular complexity index is 343. The summed E-state index contributed by atoms with van der Waals surface area (Å²) in [6.07, 6.45) is 2.72. The van der Waals surface area contributed by atoms with E-state index >= 15 is 0 Å². The average molecular weight is 235 g/mol. The van der Waals surface area contributed by atoms with Gasteiger partial charge in [0.1, 0.15) is 0 Å². The molecule has 0 aliphatic carbocycles. The maximum atomic E-state index is 3.69. The summed E-state index contributed by atoms with van der Waals surface area (Å²) in [6.45, 7) is 5.44. The van der Waals surface area contributed by atoms with Crippen LogP contribution in [0.4, 0.5) is 0 Å². The second kappa shape index (κ2) is 5.74. The smallest absolute Gasteiger partial charge is 0.0211 e. The molecule has 0 spiro atoms. The van der Waals surface area contributed by atoms with Crippen molar-refractivity contribution in [1.29, 1.82) is 0 Å². The minimum Gasteiger partial charge on any atom is -0.309 e. The van der Waals surface area contributed by atoms with Gasteiger partial charge in [-0.3, -0.25) is 0 Å². The van der Waals surface area contributed by atoms with Crippen LogP contribution < -0.4 is 5.32 Å². The summed E-state index contributed by atoms with van der Waals surface area (Å²) >= 11 is 2.08. The zero-order valence-corrected chi connectivity index (χ0v) is 11.1. The number of hydrogen-bond acceptors (Lipinski definition) is 2. The molecule has 2 rings (SSSR count). The van der Waals surface area contributed by atoms with Crippen molar-refractivity contribution < 1.29 is 0 Å². The summed E-state index contributed by atoms with van der Waals surface area (Å²) in [4.78, 5) is 0. The third-order valence-electron chi connectivity index (χ3n) is 3.46. The van der Waals surface area contributed by atoms with Crippen LogP contribution in [0.15, 0.2) is 18.2 Å². The molecule has 1 N–H and O–H groups in total. The lowest BCUT2D eigenvalue weighted by atomic mass is 10.0. The molecule has 1 nitrogen and oxygen atoms in total. The lowest BCUT2D eigenvalue weighted by Crippen LogP contribution is -2.33. The molecular formula is C14H21NS. The summed E-state index contributed by atoms with van der Waals surface area (Å²) in [5.74, 6) is 2.63. The third-order valence-corrected chi connectivity index (χ3v) is 4.67. The van der Waals surface area contributed by atoms with Crippen LogP contribution >= 0.6 is 11.8 Å². The molecule has 1 aromatic rings. The van der Waals surface area contributed by atoms with E-state index in [1.54, 1.807) is 0 Å². The zero-order chi connectivity index (χ0) is 11.4. The Labute approximate surface area is 103 Å². The highest BCUT2D eigenvalue weighted by molar-refractivity contribution is 7.99. The molecule has 1 aromatic carbocycles. The molecule has 88 valence electrons. The van der Waals surface area contributed by atoms with Crippen LogP contribution in [-0.2, 0) is 6.54 Å². The number of benzene rings is 1. The molecule has 1 aliphatic heterocycles. The number of nitrogens with one attached hydrogen (secondary N) is 1. The molecule has 1 unspecified atom stereocenters. The van der Waals surface area contributed by atoms with E-state index in [2.05, 4.69) is 49.1 Å². The SMILES string of the molecule is Cc1cccc(CNC2CCCSC2)c1C. The van der Waals surface area contributed by atoms with Crippen LogP contribution in [0, 0.1) is 13.8 Å². The summed E-state index contributed by atoms with van der Waals surface area (Å²) in [7, 11) is 0. The van der Waals surface area contributed by atoms with Gasteiger partial charge in [0.15, 0.2) is 0 Å². The van der Waals surface area contributed by atoms with Crippen LogP contribution in [0.2, 0.25) is 0 Å². The topological polar surface area (TPSA) is 12.0 Å². The minimum atomic E-state index is 0.721. The van der Waals surface area contributed by atoms with E-state index in [4.69, 9.17) is 0 Å². The van der Waals surface area contributed by atoms with Crippen molar-refractivity contribution in [3.05, 3.63) is 34.9 Å². The van der Waals surface area contributed by atoms with Crippen molar-refractivity contribution in [2.75, 3.05) is 11.5 Å². The Morgan fingerprint density at radius 3 is 3.00 bits per heavy atom. The van der Waals surface area contributed by atoms with Gasteiger partial charge in [-0.15, -0.1) is 0 Å². The molecule has 0 bridgehead atoms. The molecule has 1 heterocycles. The Hall–Kier alpha value is -0.470. The third kappa shape index (κ3) is 3.02. The van der Waals surface area contributed by atoms with Gasteiger partial charge in [0.2, 0.25) is 0 Å². The highest BCUT2D eigenvalue weighted by Gasteiger charge is 2.13. The molecular weight excluding hydrogens is 214 g/mol. The Morgan fingerprint density at radius 2 is 2.25 bits per heavy atom. The fourth-order valence-corrected chi connectivity index (χ4v) is 3.27. The molecule has 0 aromatic heterocycles. The summed E-state index contributed by atoms with van der Waals surface area (Å²) in [5, 5.41) is 3.69. The Balaban J connectivity index is 1.91. The molecule has 2 heteroatoms. The fraction of sp³-hybridized carbons (Fsp3) is 0.571. The van der Waals surface area contributed by atoms with E-state index in [0.717, 1.165) is 12.6 Å². The molecule has 1 atom stereocenters. The van der Waals surface area contributed by atoms with Gasteiger partial charge in [0.25, 0.3) is 0 Å². The van der Waals surface area contributed by atoms with E-state index in [1.165, 1.54) is 41.0 Å². The van der Waals surface area contributed by atoms with Crippen LogP contribution in [0.3, 0.4) is 0 Å². The van der Waals surface area contributed by atoms with E-state index < -0.39 is 0 Å². The Morgan fingerprint density at radius 1 is 1.38 bits per heavy atom. The first-order valence-electron chi connectivity index (χ1n) is 6.13. The predicted octanol–water partition coefficient (Wildman–Crippen LogP) is 3.29. The van der Waals surface area contributed by atoms with Crippen molar-refractivity contribution >= 4 is 11.8 Å². The van der Waals surface area contributed by atoms with Crippen LogP contribution in [0.5, 0.6) is 0 Å². The monoisotopic (exact) mass is 235 g/mol. The molecule has 16 heavy (non-hydrogen) atoms. The van der Waals surface area contributed by atoms with Gasteiger partial charge in [-0.1, -0.05) is 18.2 Å². The van der Waals surface area contributed by atoms with Crippen molar-refractivity contribution in [2.45, 2.75) is 39.3 Å². The summed E-state index contributed by atoms with van der Waals surface area (Å²) in [5.41, 5.74) is 4.30. The van der Waals surface area contributed by atoms with E-state index in [-0.39, 0.29) is 0 Å². The van der Waals surface area contributed by atoms with Gasteiger partial charge in [-0.05, 0) is 49.1 Å². The van der Waals surface area contributed by atoms with Crippen molar-refractivity contribution in [1.82, 2.24) is 5.32 Å². The van der Waals surface area contributed by atoms with Crippen LogP contribution in [0.1, 0.15) is 29.5 Å². The maximum Gasteiger partial charge on any atom is 0.0211 e. The van der Waals surface area contributed by atoms with E-state index in [1.807, 2.05) is 0 Å². The maximum absolute atomic E-state index is 3.69. The number of aryl methyl sites for hydroxylation is 1. The van der Waals surface area contributed by atoms with Gasteiger partial charge in [0, 0.05) is 18.3 Å². The second-order valence-electron chi connectivity index (χ2n) is 4.65. The second-order valence-corrected chi connectivity index (χ2v) is 5.80. The number of hydrogen-bond donors (Lipinski definition) is 1. The zero-order valence-electron chi connectivity index (χ0n) is 10.3. The number of rotatable bonds is 3. The van der Waals surface area contributed by atoms with Gasteiger partial charge in [-0.2, -0.15) is 11.8 Å². The molecule has 0 saturated carbocycles. The Kier molecular flexibility index (Phi) is 4.30. The first kappa shape index (κ1) is 12.0. The van der Waals surface area contributed by atoms with Crippen LogP contribution in [-0.4, -0.2) is 17.5 Å². The van der Waals surface area contributed by atoms with Crippen molar-refractivity contribution in [2.24, 2.45) is 0 Å². The standard InChI is InChI=1S/C14H21NS/c1-11-5-3-6-13(12(11)2)9-15-14-7-4-8-16-10-14/h3,5-6,14-15H,4,7-10H2,1-2H3. The molecule has 1 saturated heterocycles. The highest BCUT2D eigenvalue weighted by atomic mass is 32.2. The molecule has 0 radical (unpaired) electrons. The first-order chi connectivity index (χ1) is 7.77. The normalized spacial score (nSPS) is 21.0. The number of thioether (sulfide) groups is 1. The summed E-state index contributed by atoms with van der Waals surface area (Å²) in [6, 6.07) is 7.31. The quantitative estimate of drug-likeness (QED) is 0.863. The lowest BCUT2D eigenvalue weighted by Gasteiger charge is -2.23. The van der Waals surface area contributed by atoms with Gasteiger partial charge < -0.3 is 5.32 Å². The molecule has 0 amide bonds. The van der Waals surface area contributed by atoms with Crippen LogP contribution in [0.25, 0.3) is 0 Å². The van der Waals surface area contributed by atoms with Gasteiger partial charge in [0.05, 0.1) is 0 Å². The van der Waals surface area contributed by atoms with Gasteiger partial charge >= 0.3 is 0 Å². The fourth-order valence-electron chi connectivity index (χ4n) is 2.16. The lowest BCUT2D eigenvalue weighted by molar-refractivity contribution is 0.507. The summed E-state index contributed by atoms with van der Waals surface area (Å²) < 4.78 is 0. The van der Waals surface area contributed by atoms with E-state index in [0.29, 0.717) is 0 Å². The van der Waals surface area contributed by atoms with Crippen molar-refractivity contribution in [3.8, 4) is 0 Å². The van der Waals surface area contributed by atoms with Gasteiger partial charge in [-0.25, -0.2) is 0 Å². The largest absolute Gasteiger partial charge is 0.309 e. The minimum absolute atomic E-state index is 0.721. The molecule has 1 fully saturated rings. The average Bonchev–Trinajstić information content (AvgIpc) is 2.32. The van der Waals surface area contributed by atoms with E-state index in [9.17, 15) is 0 Å². The first-order valence-corrected chi connectivity index (χ1v) is 7.29.